The number of nitrogens with zero attached hydrogens (tertiary/aromatic N) is 1. The summed E-state index contributed by atoms with van der Waals surface area (Å²) in [5.41, 5.74) is 0. The lowest BCUT2D eigenvalue weighted by Gasteiger charge is -2.25. The van der Waals surface area contributed by atoms with Crippen LogP contribution in [0.3, 0.4) is 0 Å². The Morgan fingerprint density at radius 1 is 0.593 bits per heavy atom. The summed E-state index contributed by atoms with van der Waals surface area (Å²) < 4.78 is 23.4. The standard InChI is InChI=1S/C50H89N2O6P/c1-6-8-10-12-14-16-17-18-19-20-21-22-23-24-25-26-27-28-29-30-31-32-33-34-35-36-38-40-42-44-50(54)51-48(47-58-59(55,56)57-46-45-52(3,4)5)49(53)43-41-39-37-15-13-11-9-7-2/h8,10,13-16,18-19,21-22,24-25,41,43,48-49,53H,6-7,9,11-12,17,20,23,26-40,42,44-47H2,1-5H3,(H-,51,54,55,56)/p+1/b10-8-,15-13+,16-14-,19-18-,22-21-,25-24-,43-41+. The zero-order valence-electron chi connectivity index (χ0n) is 38.5. The minimum absolute atomic E-state index is 0.0520. The molecule has 0 aliphatic carbocycles. The minimum Gasteiger partial charge on any atom is -0.387 e. The number of carbonyl (C=O) groups is 1. The Balaban J connectivity index is 4.10. The molecule has 3 atom stereocenters. The van der Waals surface area contributed by atoms with Crippen LogP contribution in [0.2, 0.25) is 0 Å². The van der Waals surface area contributed by atoms with Crippen LogP contribution in [-0.4, -0.2) is 73.4 Å². The van der Waals surface area contributed by atoms with Crippen molar-refractivity contribution in [3.8, 4) is 0 Å². The van der Waals surface area contributed by atoms with Crippen molar-refractivity contribution in [2.45, 2.75) is 187 Å². The minimum atomic E-state index is -4.34. The number of aliphatic hydroxyl groups excluding tert-OH is 1. The smallest absolute Gasteiger partial charge is 0.387 e. The predicted octanol–water partition coefficient (Wildman–Crippen LogP) is 13.4. The number of phosphoric acid groups is 1. The highest BCUT2D eigenvalue weighted by Gasteiger charge is 2.27. The first kappa shape index (κ1) is 56.7. The third-order valence-electron chi connectivity index (χ3n) is 9.85. The Hall–Kier alpha value is -2.32. The molecule has 0 saturated heterocycles. The van der Waals surface area contributed by atoms with Gasteiger partial charge in [0.2, 0.25) is 5.91 Å². The van der Waals surface area contributed by atoms with Gasteiger partial charge in [0.25, 0.3) is 0 Å². The van der Waals surface area contributed by atoms with Gasteiger partial charge in [-0.2, -0.15) is 0 Å². The zero-order valence-corrected chi connectivity index (χ0v) is 39.4. The van der Waals surface area contributed by atoms with E-state index >= 15 is 0 Å². The second kappa shape index (κ2) is 41.1. The maximum Gasteiger partial charge on any atom is 0.472 e. The molecule has 0 saturated carbocycles. The van der Waals surface area contributed by atoms with Gasteiger partial charge in [0.15, 0.2) is 0 Å². The number of allylic oxidation sites excluding steroid dienone is 13. The number of nitrogens with one attached hydrogen (secondary N) is 1. The number of hydrogen-bond donors (Lipinski definition) is 3. The van der Waals surface area contributed by atoms with Crippen LogP contribution in [0.25, 0.3) is 0 Å². The number of hydrogen-bond acceptors (Lipinski definition) is 5. The van der Waals surface area contributed by atoms with Crippen LogP contribution in [0.1, 0.15) is 174 Å². The second-order valence-electron chi connectivity index (χ2n) is 16.7. The van der Waals surface area contributed by atoms with E-state index in [2.05, 4.69) is 92.1 Å². The summed E-state index contributed by atoms with van der Waals surface area (Å²) in [6.45, 7) is 4.58. The monoisotopic (exact) mass is 846 g/mol. The first-order chi connectivity index (χ1) is 28.5. The molecule has 0 aliphatic rings. The van der Waals surface area contributed by atoms with Crippen LogP contribution in [-0.2, 0) is 18.4 Å². The number of amides is 1. The molecule has 0 rings (SSSR count). The Morgan fingerprint density at radius 2 is 1.03 bits per heavy atom. The number of likely N-dealkylation sites (N-methyl/N-ethyl adjacent to an activating group) is 1. The van der Waals surface area contributed by atoms with E-state index in [9.17, 15) is 19.4 Å². The van der Waals surface area contributed by atoms with Crippen molar-refractivity contribution in [1.29, 1.82) is 0 Å². The van der Waals surface area contributed by atoms with E-state index in [1.165, 1.54) is 83.5 Å². The zero-order chi connectivity index (χ0) is 43.6. The predicted molar refractivity (Wildman–Crippen MR) is 253 cm³/mol. The average Bonchev–Trinajstić information content (AvgIpc) is 3.19. The summed E-state index contributed by atoms with van der Waals surface area (Å²) in [7, 11) is 1.54. The largest absolute Gasteiger partial charge is 0.472 e. The molecule has 0 heterocycles. The van der Waals surface area contributed by atoms with Crippen molar-refractivity contribution < 1.29 is 32.9 Å². The average molecular weight is 846 g/mol. The molecule has 0 aromatic heterocycles. The van der Waals surface area contributed by atoms with Crippen LogP contribution >= 0.6 is 7.82 Å². The summed E-state index contributed by atoms with van der Waals surface area (Å²) in [6, 6.07) is -0.865. The van der Waals surface area contributed by atoms with E-state index in [-0.39, 0.29) is 19.1 Å². The van der Waals surface area contributed by atoms with Crippen molar-refractivity contribution in [3.05, 3.63) is 85.1 Å². The molecule has 0 fully saturated rings. The van der Waals surface area contributed by atoms with Crippen LogP contribution in [0.4, 0.5) is 0 Å². The van der Waals surface area contributed by atoms with E-state index < -0.39 is 20.0 Å². The molecule has 0 radical (unpaired) electrons. The van der Waals surface area contributed by atoms with Crippen molar-refractivity contribution in [3.63, 3.8) is 0 Å². The summed E-state index contributed by atoms with van der Waals surface area (Å²) in [4.78, 5) is 23.0. The van der Waals surface area contributed by atoms with Crippen molar-refractivity contribution in [2.24, 2.45) is 0 Å². The highest BCUT2D eigenvalue weighted by molar-refractivity contribution is 7.47. The lowest BCUT2D eigenvalue weighted by molar-refractivity contribution is -0.870. The Labute approximate surface area is 363 Å². The lowest BCUT2D eigenvalue weighted by Crippen LogP contribution is -2.45. The molecule has 1 amide bonds. The molecule has 0 aliphatic heterocycles. The highest BCUT2D eigenvalue weighted by Crippen LogP contribution is 2.43. The first-order valence-corrected chi connectivity index (χ1v) is 25.0. The van der Waals surface area contributed by atoms with Gasteiger partial charge in [-0.3, -0.25) is 13.8 Å². The molecular formula is C50H90N2O6P+. The van der Waals surface area contributed by atoms with Crippen molar-refractivity contribution >= 4 is 13.7 Å². The van der Waals surface area contributed by atoms with Crippen LogP contribution in [0.5, 0.6) is 0 Å². The van der Waals surface area contributed by atoms with Crippen molar-refractivity contribution in [1.82, 2.24) is 5.32 Å². The summed E-state index contributed by atoms with van der Waals surface area (Å²) in [5, 5.41) is 13.7. The van der Waals surface area contributed by atoms with Gasteiger partial charge in [-0.1, -0.05) is 182 Å². The second-order valence-corrected chi connectivity index (χ2v) is 18.2. The van der Waals surface area contributed by atoms with Crippen LogP contribution in [0.15, 0.2) is 85.1 Å². The number of unbranched alkanes of at least 4 members (excludes halogenated alkanes) is 16. The fraction of sp³-hybridized carbons (Fsp3) is 0.700. The summed E-state index contributed by atoms with van der Waals surface area (Å²) in [5.74, 6) is -0.196. The Bertz CT molecular complexity index is 1230. The van der Waals surface area contributed by atoms with Gasteiger partial charge < -0.3 is 19.8 Å². The van der Waals surface area contributed by atoms with Gasteiger partial charge in [-0.25, -0.2) is 4.57 Å². The van der Waals surface area contributed by atoms with Gasteiger partial charge in [0, 0.05) is 6.42 Å². The third kappa shape index (κ3) is 43.6. The molecule has 0 bridgehead atoms. The fourth-order valence-electron chi connectivity index (χ4n) is 6.13. The quantitative estimate of drug-likeness (QED) is 0.0245. The highest BCUT2D eigenvalue weighted by atomic mass is 31.2. The maximum absolute atomic E-state index is 12.8. The molecule has 3 N–H and O–H groups in total. The number of phosphoric ester groups is 1. The lowest BCUT2D eigenvalue weighted by atomic mass is 10.0. The molecule has 0 spiro atoms. The van der Waals surface area contributed by atoms with Gasteiger partial charge in [0.05, 0.1) is 39.9 Å². The molecule has 9 heteroatoms. The molecule has 59 heavy (non-hydrogen) atoms. The van der Waals surface area contributed by atoms with E-state index in [0.717, 1.165) is 70.6 Å². The van der Waals surface area contributed by atoms with E-state index in [1.54, 1.807) is 6.08 Å². The molecule has 3 unspecified atom stereocenters. The number of rotatable bonds is 41. The van der Waals surface area contributed by atoms with Gasteiger partial charge >= 0.3 is 7.82 Å². The Kier molecular flexibility index (Phi) is 39.4. The third-order valence-corrected chi connectivity index (χ3v) is 10.8. The summed E-state index contributed by atoms with van der Waals surface area (Å²) >= 11 is 0. The molecule has 8 nitrogen and oxygen atoms in total. The topological polar surface area (TPSA) is 105 Å². The molecule has 340 valence electrons. The molecule has 0 aromatic rings. The van der Waals surface area contributed by atoms with E-state index in [1.807, 2.05) is 27.2 Å². The van der Waals surface area contributed by atoms with E-state index in [4.69, 9.17) is 9.05 Å². The first-order valence-electron chi connectivity index (χ1n) is 23.5. The van der Waals surface area contributed by atoms with Gasteiger partial charge in [0.1, 0.15) is 13.2 Å². The molecular weight excluding hydrogens is 756 g/mol. The number of carbonyl (C=O) groups excluding carboxylic acids is 1. The maximum atomic E-state index is 12.8. The van der Waals surface area contributed by atoms with Gasteiger partial charge in [-0.15, -0.1) is 0 Å². The van der Waals surface area contributed by atoms with Crippen LogP contribution in [0, 0.1) is 0 Å². The fourth-order valence-corrected chi connectivity index (χ4v) is 6.86. The Morgan fingerprint density at radius 3 is 1.56 bits per heavy atom. The number of aliphatic hydroxyl groups is 1. The SMILES string of the molecule is CC/C=C\C/C=C\C/C=C\C/C=C\C/C=C\CCCCCCCCCCCCCCCC(=O)NC(COP(=O)(O)OCC[N+](C)(C)C)C(O)/C=C/CC/C=C/CCCC. The van der Waals surface area contributed by atoms with Crippen molar-refractivity contribution in [2.75, 3.05) is 40.9 Å². The number of quaternary nitrogens is 1. The molecule has 0 aromatic carbocycles. The normalized spacial score (nSPS) is 15.0. The summed E-state index contributed by atoms with van der Waals surface area (Å²) in [6.07, 6.45) is 56.9. The van der Waals surface area contributed by atoms with Crippen LogP contribution < -0.4 is 5.32 Å². The van der Waals surface area contributed by atoms with E-state index in [0.29, 0.717) is 17.4 Å². The van der Waals surface area contributed by atoms with Gasteiger partial charge in [-0.05, 0) is 70.6 Å².